The van der Waals surface area contributed by atoms with E-state index in [1.54, 1.807) is 11.3 Å². The van der Waals surface area contributed by atoms with Crippen molar-refractivity contribution in [2.45, 2.75) is 70.8 Å². The summed E-state index contributed by atoms with van der Waals surface area (Å²) in [5.74, 6) is 0.339. The first-order valence-electron chi connectivity index (χ1n) is 8.93. The molecule has 3 rings (SSSR count). The van der Waals surface area contributed by atoms with Crippen molar-refractivity contribution in [2.75, 3.05) is 13.1 Å². The number of nitrogens with zero attached hydrogens (tertiary/aromatic N) is 2. The Morgan fingerprint density at radius 1 is 1.25 bits per heavy atom. The highest BCUT2D eigenvalue weighted by atomic mass is 32.1. The minimum Gasteiger partial charge on any atom is -0.342 e. The van der Waals surface area contributed by atoms with Gasteiger partial charge in [-0.2, -0.15) is 0 Å². The molecule has 6 heteroatoms. The second-order valence-electron chi connectivity index (χ2n) is 7.25. The van der Waals surface area contributed by atoms with Gasteiger partial charge < -0.3 is 10.2 Å². The van der Waals surface area contributed by atoms with Crippen molar-refractivity contribution in [3.8, 4) is 0 Å². The molecule has 1 atom stereocenters. The number of aromatic nitrogens is 1. The van der Waals surface area contributed by atoms with E-state index in [2.05, 4.69) is 12.2 Å². The van der Waals surface area contributed by atoms with Gasteiger partial charge in [0.2, 0.25) is 11.8 Å². The molecule has 1 aromatic rings. The molecule has 1 aromatic heterocycles. The minimum atomic E-state index is -0.664. The minimum absolute atomic E-state index is 0.106. The average Bonchev–Trinajstić information content (AvgIpc) is 3.14. The molecule has 0 aromatic carbocycles. The van der Waals surface area contributed by atoms with Gasteiger partial charge in [-0.1, -0.05) is 12.8 Å². The van der Waals surface area contributed by atoms with Crippen LogP contribution in [0.4, 0.5) is 0 Å². The van der Waals surface area contributed by atoms with Crippen LogP contribution in [-0.2, 0) is 9.59 Å². The predicted octanol–water partition coefficient (Wildman–Crippen LogP) is 2.91. The number of carbonyl (C=O) groups is 2. The first-order valence-corrected chi connectivity index (χ1v) is 9.75. The van der Waals surface area contributed by atoms with Crippen LogP contribution in [0.25, 0.3) is 0 Å². The van der Waals surface area contributed by atoms with Gasteiger partial charge in [0, 0.05) is 30.8 Å². The summed E-state index contributed by atoms with van der Waals surface area (Å²) in [5, 5.41) is 4.13. The van der Waals surface area contributed by atoms with Crippen LogP contribution in [0.15, 0.2) is 0 Å². The Bertz CT molecular complexity index is 615. The summed E-state index contributed by atoms with van der Waals surface area (Å²) in [6, 6.07) is 0. The van der Waals surface area contributed by atoms with Crippen molar-refractivity contribution in [2.24, 2.45) is 0 Å². The van der Waals surface area contributed by atoms with Crippen LogP contribution in [0.3, 0.4) is 0 Å². The fourth-order valence-corrected chi connectivity index (χ4v) is 5.09. The summed E-state index contributed by atoms with van der Waals surface area (Å²) >= 11 is 1.76. The first kappa shape index (κ1) is 17.4. The van der Waals surface area contributed by atoms with E-state index >= 15 is 0 Å². The van der Waals surface area contributed by atoms with Crippen LogP contribution in [0.5, 0.6) is 0 Å². The van der Waals surface area contributed by atoms with Crippen molar-refractivity contribution in [1.29, 1.82) is 0 Å². The van der Waals surface area contributed by atoms with E-state index in [4.69, 9.17) is 4.98 Å². The number of carbonyl (C=O) groups excluding carboxylic acids is 2. The molecular weight excluding hydrogens is 322 g/mol. The number of hydrogen-bond acceptors (Lipinski definition) is 4. The van der Waals surface area contributed by atoms with Gasteiger partial charge in [-0.25, -0.2) is 4.98 Å². The topological polar surface area (TPSA) is 62.3 Å². The number of aryl methyl sites for hydroxylation is 2. The largest absolute Gasteiger partial charge is 0.342 e. The predicted molar refractivity (Wildman–Crippen MR) is 95.2 cm³/mol. The number of thiazole rings is 1. The van der Waals surface area contributed by atoms with Crippen molar-refractivity contribution in [1.82, 2.24) is 15.2 Å². The highest BCUT2D eigenvalue weighted by Crippen LogP contribution is 2.35. The molecule has 2 fully saturated rings. The summed E-state index contributed by atoms with van der Waals surface area (Å²) < 4.78 is 0. The fourth-order valence-electron chi connectivity index (χ4n) is 4.05. The third kappa shape index (κ3) is 3.34. The van der Waals surface area contributed by atoms with Crippen molar-refractivity contribution in [3.63, 3.8) is 0 Å². The molecule has 1 aliphatic heterocycles. The Morgan fingerprint density at radius 2 is 1.96 bits per heavy atom. The lowest BCUT2D eigenvalue weighted by Crippen LogP contribution is -2.59. The molecule has 2 amide bonds. The normalized spacial score (nSPS) is 23.3. The number of piperidine rings is 1. The third-order valence-electron chi connectivity index (χ3n) is 5.38. The van der Waals surface area contributed by atoms with Gasteiger partial charge in [-0.3, -0.25) is 9.59 Å². The summed E-state index contributed by atoms with van der Waals surface area (Å²) in [6.45, 7) is 7.18. The van der Waals surface area contributed by atoms with Crippen molar-refractivity contribution < 1.29 is 9.59 Å². The van der Waals surface area contributed by atoms with E-state index in [-0.39, 0.29) is 11.8 Å². The van der Waals surface area contributed by atoms with Gasteiger partial charge in [0.15, 0.2) is 0 Å². The molecule has 2 aliphatic rings. The zero-order valence-corrected chi connectivity index (χ0v) is 15.7. The Morgan fingerprint density at radius 3 is 2.54 bits per heavy atom. The maximum Gasteiger partial charge on any atom is 0.248 e. The smallest absolute Gasteiger partial charge is 0.248 e. The van der Waals surface area contributed by atoms with Gasteiger partial charge in [-0.15, -0.1) is 11.3 Å². The van der Waals surface area contributed by atoms with Crippen molar-refractivity contribution in [3.05, 3.63) is 15.6 Å². The maximum atomic E-state index is 13.2. The standard InChI is InChI=1S/C18H27N3O2S/c1-12-13(2)24-16(19-12)15-7-6-10-21(11-15)17(23)18(20-14(3)22)8-4-5-9-18/h15H,4-11H2,1-3H3,(H,20,22)/t15-/m0/s1. The van der Waals surface area contributed by atoms with Gasteiger partial charge in [0.1, 0.15) is 5.54 Å². The zero-order chi connectivity index (χ0) is 17.3. The van der Waals surface area contributed by atoms with Gasteiger partial charge in [0.05, 0.1) is 10.7 Å². The van der Waals surface area contributed by atoms with Gasteiger partial charge in [0.25, 0.3) is 0 Å². The monoisotopic (exact) mass is 349 g/mol. The number of likely N-dealkylation sites (tertiary alicyclic amines) is 1. The summed E-state index contributed by atoms with van der Waals surface area (Å²) in [6.07, 6.45) is 5.64. The average molecular weight is 350 g/mol. The molecule has 2 heterocycles. The van der Waals surface area contributed by atoms with E-state index in [0.29, 0.717) is 5.92 Å². The molecule has 132 valence electrons. The molecule has 1 saturated carbocycles. The summed E-state index contributed by atoms with van der Waals surface area (Å²) in [5.41, 5.74) is 0.437. The molecule has 1 saturated heterocycles. The lowest BCUT2D eigenvalue weighted by Gasteiger charge is -2.38. The molecule has 0 unspecified atom stereocenters. The number of nitrogens with one attached hydrogen (secondary N) is 1. The highest BCUT2D eigenvalue weighted by Gasteiger charge is 2.45. The van der Waals surface area contributed by atoms with Crippen LogP contribution >= 0.6 is 11.3 Å². The summed E-state index contributed by atoms with van der Waals surface area (Å²) in [4.78, 5) is 32.8. The second-order valence-corrected chi connectivity index (χ2v) is 8.49. The molecule has 5 nitrogen and oxygen atoms in total. The molecule has 0 spiro atoms. The van der Waals surface area contributed by atoms with E-state index in [0.717, 1.165) is 62.3 Å². The molecule has 0 radical (unpaired) electrons. The SMILES string of the molecule is CC(=O)NC1(C(=O)N2CCC[C@H](c3nc(C)c(C)s3)C2)CCCC1. The van der Waals surface area contributed by atoms with Gasteiger partial charge >= 0.3 is 0 Å². The first-order chi connectivity index (χ1) is 11.4. The Balaban J connectivity index is 1.75. The maximum absolute atomic E-state index is 13.2. The van der Waals surface area contributed by atoms with Crippen LogP contribution < -0.4 is 5.32 Å². The van der Waals surface area contributed by atoms with Crippen molar-refractivity contribution >= 4 is 23.2 Å². The van der Waals surface area contributed by atoms with Crippen LogP contribution in [0.2, 0.25) is 0 Å². The molecule has 0 bridgehead atoms. The Labute approximate surface area is 147 Å². The van der Waals surface area contributed by atoms with Crippen LogP contribution in [0.1, 0.15) is 66.9 Å². The zero-order valence-electron chi connectivity index (χ0n) is 14.9. The summed E-state index contributed by atoms with van der Waals surface area (Å²) in [7, 11) is 0. The van der Waals surface area contributed by atoms with Crippen LogP contribution in [0, 0.1) is 13.8 Å². The quantitative estimate of drug-likeness (QED) is 0.913. The van der Waals surface area contributed by atoms with E-state index in [9.17, 15) is 9.59 Å². The van der Waals surface area contributed by atoms with E-state index < -0.39 is 5.54 Å². The number of amides is 2. The van der Waals surface area contributed by atoms with Crippen LogP contribution in [-0.4, -0.2) is 40.3 Å². The Kier molecular flexibility index (Phi) is 4.95. The number of rotatable bonds is 3. The number of hydrogen-bond donors (Lipinski definition) is 1. The molecule has 1 N–H and O–H groups in total. The van der Waals surface area contributed by atoms with E-state index in [1.165, 1.54) is 11.8 Å². The third-order valence-corrected chi connectivity index (χ3v) is 6.62. The van der Waals surface area contributed by atoms with Gasteiger partial charge in [-0.05, 0) is 39.5 Å². The molecule has 24 heavy (non-hydrogen) atoms. The lowest BCUT2D eigenvalue weighted by molar-refractivity contribution is -0.142. The second kappa shape index (κ2) is 6.82. The Hall–Kier alpha value is -1.43. The molecular formula is C18H27N3O2S. The fraction of sp³-hybridized carbons (Fsp3) is 0.722. The van der Waals surface area contributed by atoms with E-state index in [1.807, 2.05) is 11.8 Å². The molecule has 1 aliphatic carbocycles. The highest BCUT2D eigenvalue weighted by molar-refractivity contribution is 7.11. The lowest BCUT2D eigenvalue weighted by atomic mass is 9.92.